The zero-order valence-corrected chi connectivity index (χ0v) is 11.5. The second-order valence-corrected chi connectivity index (χ2v) is 4.72. The van der Waals surface area contributed by atoms with E-state index >= 15 is 0 Å². The zero-order valence-electron chi connectivity index (χ0n) is 10.8. The largest absolute Gasteiger partial charge is 0.351 e. The summed E-state index contributed by atoms with van der Waals surface area (Å²) in [4.78, 5) is 15.7. The predicted octanol–water partition coefficient (Wildman–Crippen LogP) is 2.33. The minimum atomic E-state index is -0.405. The average molecular weight is 279 g/mol. The van der Waals surface area contributed by atoms with E-state index in [4.69, 9.17) is 16.9 Å². The number of hydrogen-bond donors (Lipinski definition) is 2. The van der Waals surface area contributed by atoms with Gasteiger partial charge in [0, 0.05) is 18.9 Å². The third-order valence-corrected chi connectivity index (χ3v) is 2.35. The summed E-state index contributed by atoms with van der Waals surface area (Å²) in [6.45, 7) is 4.48. The molecule has 100 valence electrons. The van der Waals surface area contributed by atoms with Gasteiger partial charge in [-0.3, -0.25) is 4.79 Å². The van der Waals surface area contributed by atoms with Gasteiger partial charge < -0.3 is 10.6 Å². The van der Waals surface area contributed by atoms with E-state index in [-0.39, 0.29) is 5.57 Å². The molecule has 6 heteroatoms. The van der Waals surface area contributed by atoms with Crippen LogP contribution in [0.15, 0.2) is 30.1 Å². The first kappa shape index (κ1) is 15.0. The first-order valence-electron chi connectivity index (χ1n) is 5.79. The van der Waals surface area contributed by atoms with Crippen molar-refractivity contribution in [1.82, 2.24) is 10.3 Å². The maximum Gasteiger partial charge on any atom is 0.263 e. The summed E-state index contributed by atoms with van der Waals surface area (Å²) in [6, 6.07) is 5.15. The van der Waals surface area contributed by atoms with E-state index in [2.05, 4.69) is 15.6 Å². The van der Waals surface area contributed by atoms with Crippen LogP contribution in [0, 0.1) is 17.2 Å². The monoisotopic (exact) mass is 278 g/mol. The summed E-state index contributed by atoms with van der Waals surface area (Å²) in [7, 11) is 0. The van der Waals surface area contributed by atoms with Crippen LogP contribution in [0.2, 0.25) is 5.02 Å². The van der Waals surface area contributed by atoms with Gasteiger partial charge in [-0.1, -0.05) is 25.4 Å². The van der Waals surface area contributed by atoms with E-state index in [1.807, 2.05) is 19.9 Å². The van der Waals surface area contributed by atoms with Gasteiger partial charge in [0.15, 0.2) is 0 Å². The molecule has 0 saturated heterocycles. The van der Waals surface area contributed by atoms with Gasteiger partial charge in [-0.05, 0) is 18.1 Å². The van der Waals surface area contributed by atoms with Crippen LogP contribution in [0.4, 0.5) is 5.82 Å². The number of pyridine rings is 1. The molecule has 1 aromatic rings. The highest BCUT2D eigenvalue weighted by Crippen LogP contribution is 2.09. The number of hydrogen-bond acceptors (Lipinski definition) is 4. The number of amides is 1. The Labute approximate surface area is 117 Å². The van der Waals surface area contributed by atoms with Crippen molar-refractivity contribution >= 4 is 23.3 Å². The quantitative estimate of drug-likeness (QED) is 0.640. The lowest BCUT2D eigenvalue weighted by molar-refractivity contribution is -0.117. The Morgan fingerprint density at radius 1 is 1.58 bits per heavy atom. The first-order valence-corrected chi connectivity index (χ1v) is 6.17. The molecule has 2 N–H and O–H groups in total. The summed E-state index contributed by atoms with van der Waals surface area (Å²) in [5.41, 5.74) is -0.00241. The fourth-order valence-electron chi connectivity index (χ4n) is 1.15. The Morgan fingerprint density at radius 2 is 2.32 bits per heavy atom. The first-order chi connectivity index (χ1) is 9.02. The molecule has 0 radical (unpaired) electrons. The van der Waals surface area contributed by atoms with Crippen molar-refractivity contribution in [3.05, 3.63) is 35.1 Å². The molecule has 0 bridgehead atoms. The molecule has 0 unspecified atom stereocenters. The molecule has 0 fully saturated rings. The van der Waals surface area contributed by atoms with E-state index in [0.29, 0.717) is 23.3 Å². The van der Waals surface area contributed by atoms with Crippen LogP contribution >= 0.6 is 11.6 Å². The minimum absolute atomic E-state index is 0.00241. The molecule has 0 saturated carbocycles. The Kier molecular flexibility index (Phi) is 5.83. The summed E-state index contributed by atoms with van der Waals surface area (Å²) in [5, 5.41) is 14.9. The summed E-state index contributed by atoms with van der Waals surface area (Å²) in [5.74, 6) is 0.432. The number of nitriles is 1. The molecule has 0 aromatic carbocycles. The molecule has 0 aliphatic rings. The Balaban J connectivity index is 2.64. The number of carbonyl (C=O) groups excluding carboxylic acids is 1. The lowest BCUT2D eigenvalue weighted by Gasteiger charge is -2.06. The fraction of sp³-hybridized carbons (Fsp3) is 0.308. The number of carbonyl (C=O) groups is 1. The van der Waals surface area contributed by atoms with E-state index in [1.54, 1.807) is 12.1 Å². The smallest absolute Gasteiger partial charge is 0.263 e. The van der Waals surface area contributed by atoms with Crippen molar-refractivity contribution < 1.29 is 4.79 Å². The van der Waals surface area contributed by atoms with Crippen LogP contribution < -0.4 is 10.6 Å². The molecular weight excluding hydrogens is 264 g/mol. The fourth-order valence-corrected chi connectivity index (χ4v) is 1.26. The summed E-state index contributed by atoms with van der Waals surface area (Å²) >= 11 is 5.70. The second kappa shape index (κ2) is 7.39. The normalized spacial score (nSPS) is 11.0. The minimum Gasteiger partial charge on any atom is -0.351 e. The van der Waals surface area contributed by atoms with Gasteiger partial charge in [-0.15, -0.1) is 0 Å². The van der Waals surface area contributed by atoms with Crippen molar-refractivity contribution in [3.63, 3.8) is 0 Å². The van der Waals surface area contributed by atoms with Crippen molar-refractivity contribution in [3.8, 4) is 6.07 Å². The molecule has 0 aliphatic heterocycles. The molecule has 19 heavy (non-hydrogen) atoms. The van der Waals surface area contributed by atoms with Gasteiger partial charge >= 0.3 is 0 Å². The number of nitrogens with zero attached hydrogens (tertiary/aromatic N) is 2. The number of nitrogens with one attached hydrogen (secondary N) is 2. The molecule has 0 spiro atoms. The molecule has 1 aromatic heterocycles. The Morgan fingerprint density at radius 3 is 2.84 bits per heavy atom. The van der Waals surface area contributed by atoms with Crippen molar-refractivity contribution in [2.45, 2.75) is 13.8 Å². The third kappa shape index (κ3) is 5.40. The average Bonchev–Trinajstić information content (AvgIpc) is 2.39. The molecule has 0 aliphatic carbocycles. The zero-order chi connectivity index (χ0) is 14.3. The summed E-state index contributed by atoms with van der Waals surface area (Å²) in [6.07, 6.45) is 2.80. The topological polar surface area (TPSA) is 77.8 Å². The standard InChI is InChI=1S/C13H15ClN4O/c1-9(2)6-18-13(19)10(5-15)7-16-12-4-3-11(14)8-17-12/h3-4,7-9H,6H2,1-2H3,(H,16,17)(H,18,19)/b10-7-. The molecule has 1 rings (SSSR count). The van der Waals surface area contributed by atoms with Crippen molar-refractivity contribution in [1.29, 1.82) is 5.26 Å². The highest BCUT2D eigenvalue weighted by Gasteiger charge is 2.08. The maximum absolute atomic E-state index is 11.7. The van der Waals surface area contributed by atoms with E-state index < -0.39 is 5.91 Å². The van der Waals surface area contributed by atoms with Crippen LogP contribution in [0.1, 0.15) is 13.8 Å². The van der Waals surface area contributed by atoms with Gasteiger partial charge in [-0.25, -0.2) is 4.98 Å². The molecule has 5 nitrogen and oxygen atoms in total. The van der Waals surface area contributed by atoms with Gasteiger partial charge in [0.25, 0.3) is 5.91 Å². The SMILES string of the molecule is CC(C)CNC(=O)/C(C#N)=C\Nc1ccc(Cl)cn1. The van der Waals surface area contributed by atoms with E-state index in [9.17, 15) is 4.79 Å². The molecular formula is C13H15ClN4O. The summed E-state index contributed by atoms with van der Waals surface area (Å²) < 4.78 is 0. The highest BCUT2D eigenvalue weighted by atomic mass is 35.5. The molecule has 1 amide bonds. The lowest BCUT2D eigenvalue weighted by atomic mass is 10.2. The lowest BCUT2D eigenvalue weighted by Crippen LogP contribution is -2.28. The number of rotatable bonds is 5. The van der Waals surface area contributed by atoms with Crippen molar-refractivity contribution in [2.75, 3.05) is 11.9 Å². The van der Waals surface area contributed by atoms with Crippen LogP contribution in [-0.4, -0.2) is 17.4 Å². The number of anilines is 1. The van der Waals surface area contributed by atoms with E-state index in [0.717, 1.165) is 0 Å². The second-order valence-electron chi connectivity index (χ2n) is 4.28. The Bertz CT molecular complexity index is 502. The van der Waals surface area contributed by atoms with Gasteiger partial charge in [-0.2, -0.15) is 5.26 Å². The Hall–Kier alpha value is -2.06. The predicted molar refractivity (Wildman–Crippen MR) is 74.4 cm³/mol. The van der Waals surface area contributed by atoms with Gasteiger partial charge in [0.1, 0.15) is 17.5 Å². The number of halogens is 1. The highest BCUT2D eigenvalue weighted by molar-refractivity contribution is 6.30. The van der Waals surface area contributed by atoms with Crippen LogP contribution in [0.3, 0.4) is 0 Å². The molecule has 1 heterocycles. The molecule has 0 atom stereocenters. The van der Waals surface area contributed by atoms with E-state index in [1.165, 1.54) is 12.4 Å². The number of aromatic nitrogens is 1. The van der Waals surface area contributed by atoms with Crippen molar-refractivity contribution in [2.24, 2.45) is 5.92 Å². The van der Waals surface area contributed by atoms with Crippen LogP contribution in [0.5, 0.6) is 0 Å². The van der Waals surface area contributed by atoms with Crippen LogP contribution in [0.25, 0.3) is 0 Å². The maximum atomic E-state index is 11.7. The van der Waals surface area contributed by atoms with Gasteiger partial charge in [0.2, 0.25) is 0 Å². The van der Waals surface area contributed by atoms with Crippen LogP contribution in [-0.2, 0) is 4.79 Å². The third-order valence-electron chi connectivity index (χ3n) is 2.13. The van der Waals surface area contributed by atoms with Gasteiger partial charge in [0.05, 0.1) is 5.02 Å².